The van der Waals surface area contributed by atoms with Gasteiger partial charge < -0.3 is 10.3 Å². The van der Waals surface area contributed by atoms with E-state index in [4.69, 9.17) is 5.73 Å². The summed E-state index contributed by atoms with van der Waals surface area (Å²) in [6.07, 6.45) is 0.898. The fraction of sp³-hybridized carbons (Fsp3) is 0.0811. The standard InChI is InChI=1S/C37H28N2/c1-23-21-36-34(22-25(23)19-20-38)30-9-4-5-12-35(30)39(36)26-15-13-24(14-16-26)27-17-18-33-29-8-3-2-7-28(29)32-11-6-10-31(27)37(32)33/h2-18,21-22H,19-20,38H2,1H3. The van der Waals surface area contributed by atoms with Gasteiger partial charge in [0.2, 0.25) is 0 Å². The number of aryl methyl sites for hydroxylation is 1. The van der Waals surface area contributed by atoms with E-state index in [2.05, 4.69) is 127 Å². The molecule has 1 aromatic heterocycles. The topological polar surface area (TPSA) is 30.9 Å². The van der Waals surface area contributed by atoms with Crippen molar-refractivity contribution in [1.82, 2.24) is 4.57 Å². The highest BCUT2D eigenvalue weighted by Crippen LogP contribution is 2.49. The molecule has 2 nitrogen and oxygen atoms in total. The third-order valence-electron chi connectivity index (χ3n) is 8.53. The summed E-state index contributed by atoms with van der Waals surface area (Å²) >= 11 is 0. The first-order chi connectivity index (χ1) is 19.2. The first-order valence-electron chi connectivity index (χ1n) is 13.7. The molecule has 186 valence electrons. The molecule has 2 N–H and O–H groups in total. The Morgan fingerprint density at radius 2 is 1.23 bits per heavy atom. The van der Waals surface area contributed by atoms with Crippen LogP contribution in [0.25, 0.3) is 71.6 Å². The molecule has 1 heterocycles. The Balaban J connectivity index is 1.29. The second kappa shape index (κ2) is 8.42. The van der Waals surface area contributed by atoms with Gasteiger partial charge in [0.1, 0.15) is 0 Å². The molecule has 0 atom stereocenters. The van der Waals surface area contributed by atoms with Gasteiger partial charge in [-0.15, -0.1) is 0 Å². The van der Waals surface area contributed by atoms with Gasteiger partial charge in [-0.3, -0.25) is 0 Å². The van der Waals surface area contributed by atoms with Crippen molar-refractivity contribution in [3.8, 4) is 39.1 Å². The minimum atomic E-state index is 0.662. The van der Waals surface area contributed by atoms with Crippen LogP contribution >= 0.6 is 0 Å². The van der Waals surface area contributed by atoms with Gasteiger partial charge in [0.05, 0.1) is 11.0 Å². The van der Waals surface area contributed by atoms with Crippen LogP contribution in [0, 0.1) is 6.92 Å². The van der Waals surface area contributed by atoms with E-state index < -0.39 is 0 Å². The van der Waals surface area contributed by atoms with E-state index in [1.807, 2.05) is 0 Å². The number of fused-ring (bicyclic) bond motifs is 6. The molecule has 0 saturated carbocycles. The fourth-order valence-electron chi connectivity index (χ4n) is 6.72. The predicted octanol–water partition coefficient (Wildman–Crippen LogP) is 9.06. The van der Waals surface area contributed by atoms with E-state index in [1.54, 1.807) is 0 Å². The molecule has 0 bridgehead atoms. The largest absolute Gasteiger partial charge is 0.330 e. The number of hydrogen-bond donors (Lipinski definition) is 1. The first-order valence-corrected chi connectivity index (χ1v) is 13.7. The Labute approximate surface area is 227 Å². The van der Waals surface area contributed by atoms with Crippen LogP contribution in [-0.4, -0.2) is 11.1 Å². The Hall–Kier alpha value is -4.66. The maximum absolute atomic E-state index is 5.92. The van der Waals surface area contributed by atoms with Crippen LogP contribution in [0.15, 0.2) is 115 Å². The number of benzene rings is 6. The number of nitrogens with two attached hydrogens (primary N) is 1. The summed E-state index contributed by atoms with van der Waals surface area (Å²) in [6, 6.07) is 42.5. The predicted molar refractivity (Wildman–Crippen MR) is 166 cm³/mol. The highest BCUT2D eigenvalue weighted by molar-refractivity contribution is 6.18. The monoisotopic (exact) mass is 500 g/mol. The zero-order valence-electron chi connectivity index (χ0n) is 21.9. The number of para-hydroxylation sites is 1. The smallest absolute Gasteiger partial charge is 0.0543 e. The maximum Gasteiger partial charge on any atom is 0.0543 e. The molecule has 0 saturated heterocycles. The first kappa shape index (κ1) is 22.3. The second-order valence-electron chi connectivity index (χ2n) is 10.7. The van der Waals surface area contributed by atoms with E-state index in [9.17, 15) is 0 Å². The number of rotatable bonds is 4. The number of hydrogen-bond acceptors (Lipinski definition) is 1. The number of nitrogens with zero attached hydrogens (tertiary/aromatic N) is 1. The van der Waals surface area contributed by atoms with E-state index in [1.165, 1.54) is 82.8 Å². The van der Waals surface area contributed by atoms with Gasteiger partial charge in [-0.1, -0.05) is 84.9 Å². The van der Waals surface area contributed by atoms with Crippen molar-refractivity contribution in [1.29, 1.82) is 0 Å². The SMILES string of the molecule is Cc1cc2c(cc1CCN)c1ccccc1n2-c1ccc(-c2ccc3c4c(cccc24)-c2ccccc2-3)cc1. The zero-order valence-corrected chi connectivity index (χ0v) is 21.9. The van der Waals surface area contributed by atoms with Gasteiger partial charge in [-0.25, -0.2) is 0 Å². The van der Waals surface area contributed by atoms with Crippen LogP contribution in [0.4, 0.5) is 0 Å². The van der Waals surface area contributed by atoms with Gasteiger partial charge in [0.15, 0.2) is 0 Å². The number of aromatic nitrogens is 1. The highest BCUT2D eigenvalue weighted by Gasteiger charge is 2.22. The van der Waals surface area contributed by atoms with Crippen molar-refractivity contribution in [3.63, 3.8) is 0 Å². The van der Waals surface area contributed by atoms with Crippen molar-refractivity contribution in [2.75, 3.05) is 6.54 Å². The molecule has 0 aliphatic heterocycles. The molecule has 0 radical (unpaired) electrons. The molecule has 6 aromatic carbocycles. The van der Waals surface area contributed by atoms with Crippen molar-refractivity contribution < 1.29 is 0 Å². The Morgan fingerprint density at radius 3 is 2.03 bits per heavy atom. The third kappa shape index (κ3) is 3.19. The second-order valence-corrected chi connectivity index (χ2v) is 10.7. The third-order valence-corrected chi connectivity index (χ3v) is 8.53. The summed E-state index contributed by atoms with van der Waals surface area (Å²) < 4.78 is 2.40. The fourth-order valence-corrected chi connectivity index (χ4v) is 6.72. The molecular weight excluding hydrogens is 472 g/mol. The van der Waals surface area contributed by atoms with Crippen LogP contribution in [0.2, 0.25) is 0 Å². The van der Waals surface area contributed by atoms with Crippen LogP contribution in [0.1, 0.15) is 11.1 Å². The summed E-state index contributed by atoms with van der Waals surface area (Å²) in [7, 11) is 0. The highest BCUT2D eigenvalue weighted by atomic mass is 15.0. The Morgan fingerprint density at radius 1 is 0.564 bits per heavy atom. The van der Waals surface area contributed by atoms with Crippen molar-refractivity contribution >= 4 is 32.6 Å². The summed E-state index contributed by atoms with van der Waals surface area (Å²) in [5, 5.41) is 5.25. The van der Waals surface area contributed by atoms with E-state index in [0.29, 0.717) is 6.54 Å². The van der Waals surface area contributed by atoms with E-state index in [0.717, 1.165) is 6.42 Å². The molecule has 0 amide bonds. The molecular formula is C37H28N2. The maximum atomic E-state index is 5.92. The van der Waals surface area contributed by atoms with Crippen molar-refractivity contribution in [2.24, 2.45) is 5.73 Å². The van der Waals surface area contributed by atoms with Gasteiger partial charge in [-0.2, -0.15) is 0 Å². The lowest BCUT2D eigenvalue weighted by Crippen LogP contribution is -2.04. The molecule has 8 rings (SSSR count). The summed E-state index contributed by atoms with van der Waals surface area (Å²) in [5.74, 6) is 0. The van der Waals surface area contributed by atoms with Crippen molar-refractivity contribution in [2.45, 2.75) is 13.3 Å². The van der Waals surface area contributed by atoms with Crippen LogP contribution in [0.5, 0.6) is 0 Å². The van der Waals surface area contributed by atoms with Gasteiger partial charge in [0, 0.05) is 16.5 Å². The molecule has 1 aliphatic carbocycles. The average Bonchev–Trinajstić information content (AvgIpc) is 3.47. The summed E-state index contributed by atoms with van der Waals surface area (Å²) in [5.41, 5.74) is 20.0. The lowest BCUT2D eigenvalue weighted by atomic mass is 9.94. The minimum absolute atomic E-state index is 0.662. The van der Waals surface area contributed by atoms with Crippen molar-refractivity contribution in [3.05, 3.63) is 126 Å². The van der Waals surface area contributed by atoms with Crippen LogP contribution in [0.3, 0.4) is 0 Å². The van der Waals surface area contributed by atoms with Crippen LogP contribution in [-0.2, 0) is 6.42 Å². The lowest BCUT2D eigenvalue weighted by molar-refractivity contribution is 0.960. The van der Waals surface area contributed by atoms with E-state index in [-0.39, 0.29) is 0 Å². The molecule has 0 fully saturated rings. The molecule has 7 aromatic rings. The summed E-state index contributed by atoms with van der Waals surface area (Å²) in [6.45, 7) is 2.86. The van der Waals surface area contributed by atoms with Gasteiger partial charge in [0.25, 0.3) is 0 Å². The van der Waals surface area contributed by atoms with Gasteiger partial charge >= 0.3 is 0 Å². The minimum Gasteiger partial charge on any atom is -0.330 e. The van der Waals surface area contributed by atoms with Gasteiger partial charge in [-0.05, 0) is 106 Å². The lowest BCUT2D eigenvalue weighted by Gasteiger charge is -2.13. The molecule has 39 heavy (non-hydrogen) atoms. The molecule has 0 unspecified atom stereocenters. The van der Waals surface area contributed by atoms with E-state index >= 15 is 0 Å². The molecule has 2 heteroatoms. The summed E-state index contributed by atoms with van der Waals surface area (Å²) in [4.78, 5) is 0. The quantitative estimate of drug-likeness (QED) is 0.257. The normalized spacial score (nSPS) is 12.1. The molecule has 0 spiro atoms. The Bertz CT molecular complexity index is 2050. The molecule has 1 aliphatic rings. The zero-order chi connectivity index (χ0) is 26.1. The average molecular weight is 501 g/mol. The van der Waals surface area contributed by atoms with Crippen LogP contribution < -0.4 is 5.73 Å². The Kier molecular flexibility index (Phi) is 4.82.